The zero-order valence-electron chi connectivity index (χ0n) is 32.3. The molecule has 0 unspecified atom stereocenters. The molecule has 0 atom stereocenters. The maximum Gasteiger partial charge on any atom is 0.358 e. The van der Waals surface area contributed by atoms with E-state index in [9.17, 15) is 19.5 Å². The molecule has 0 spiro atoms. The molecule has 1 aliphatic rings. The summed E-state index contributed by atoms with van der Waals surface area (Å²) >= 11 is 1.43. The number of fused-ring (bicyclic) bond motifs is 2. The fourth-order valence-corrected chi connectivity index (χ4v) is 7.92. The number of hydrogen-bond donors (Lipinski definition) is 2. The molecular weight excluding hydrogens is 751 g/mol. The summed E-state index contributed by atoms with van der Waals surface area (Å²) in [4.78, 5) is 55.0. The molecule has 3 aromatic heterocycles. The van der Waals surface area contributed by atoms with Crippen LogP contribution in [0.1, 0.15) is 68.8 Å². The lowest BCUT2D eigenvalue weighted by molar-refractivity contribution is 0.00635. The van der Waals surface area contributed by atoms with Crippen LogP contribution in [0.15, 0.2) is 115 Å². The predicted molar refractivity (Wildman–Crippen MR) is 225 cm³/mol. The zero-order valence-corrected chi connectivity index (χ0v) is 33.1. The van der Waals surface area contributed by atoms with Gasteiger partial charge in [0.05, 0.1) is 10.2 Å². The minimum Gasteiger partial charge on any atom is -0.476 e. The summed E-state index contributed by atoms with van der Waals surface area (Å²) in [6.45, 7) is 8.42. The molecule has 4 aromatic carbocycles. The molecule has 0 fully saturated rings. The van der Waals surface area contributed by atoms with E-state index >= 15 is 0 Å². The highest BCUT2D eigenvalue weighted by atomic mass is 32.1. The van der Waals surface area contributed by atoms with Crippen LogP contribution in [0.3, 0.4) is 0 Å². The van der Waals surface area contributed by atoms with E-state index in [1.54, 1.807) is 36.4 Å². The highest BCUT2D eigenvalue weighted by Crippen LogP contribution is 2.37. The first-order valence-corrected chi connectivity index (χ1v) is 19.6. The van der Waals surface area contributed by atoms with Gasteiger partial charge in [-0.25, -0.2) is 24.5 Å². The average Bonchev–Trinajstić information content (AvgIpc) is 3.63. The van der Waals surface area contributed by atoms with Crippen molar-refractivity contribution < 1.29 is 29.0 Å². The van der Waals surface area contributed by atoms with Gasteiger partial charge in [-0.3, -0.25) is 10.1 Å². The first kappa shape index (κ1) is 38.0. The van der Waals surface area contributed by atoms with Crippen molar-refractivity contribution in [1.29, 1.82) is 0 Å². The Morgan fingerprint density at radius 3 is 2.36 bits per heavy atom. The number of aromatic nitrogens is 3. The highest BCUT2D eigenvalue weighted by molar-refractivity contribution is 7.22. The van der Waals surface area contributed by atoms with Gasteiger partial charge in [0.1, 0.15) is 22.9 Å². The van der Waals surface area contributed by atoms with Gasteiger partial charge in [-0.15, -0.1) is 0 Å². The number of nitrogens with one attached hydrogen (secondary N) is 1. The molecule has 1 aliphatic heterocycles. The fourth-order valence-electron chi connectivity index (χ4n) is 7.06. The van der Waals surface area contributed by atoms with E-state index in [4.69, 9.17) is 14.5 Å². The molecule has 4 heterocycles. The number of carboxylic acid groups (broad SMARTS) is 1. The number of carbonyl (C=O) groups excluding carboxylic acids is 2. The molecule has 1 amide bonds. The topological polar surface area (TPSA) is 144 Å². The standard InChI is InChI=1S/C46H39N5O6S/c1-27-31(11-8-15-37(27)56-30-19-17-29(18-20-30)32-13-9-24-47-40(32)43(53)54)33-21-22-39(49-41(33)44(55)57-46(2,3)4)51-25-23-28-10-7-12-34(35(28)26-51)42(52)50-45-48-36-14-5-6-16-38(36)58-45/h5-22,24H,23,25-26H2,1-4H3,(H,53,54)(H,48,50,52). The maximum absolute atomic E-state index is 13.9. The van der Waals surface area contributed by atoms with Crippen LogP contribution in [0.25, 0.3) is 32.5 Å². The van der Waals surface area contributed by atoms with Gasteiger partial charge in [-0.1, -0.05) is 65.9 Å². The lowest BCUT2D eigenvalue weighted by Gasteiger charge is -2.31. The van der Waals surface area contributed by atoms with E-state index in [2.05, 4.69) is 20.2 Å². The second kappa shape index (κ2) is 15.5. The van der Waals surface area contributed by atoms with Crippen LogP contribution in [0.2, 0.25) is 0 Å². The number of carboxylic acids is 1. The second-order valence-corrected chi connectivity index (χ2v) is 15.9. The summed E-state index contributed by atoms with van der Waals surface area (Å²) in [7, 11) is 0. The Kier molecular flexibility index (Phi) is 10.2. The Bertz CT molecular complexity index is 2690. The number of rotatable bonds is 9. The van der Waals surface area contributed by atoms with Gasteiger partial charge in [0.15, 0.2) is 16.5 Å². The smallest absolute Gasteiger partial charge is 0.358 e. The number of thiazole rings is 1. The van der Waals surface area contributed by atoms with E-state index in [1.165, 1.54) is 17.5 Å². The third kappa shape index (κ3) is 7.87. The molecule has 0 saturated heterocycles. The van der Waals surface area contributed by atoms with Crippen LogP contribution < -0.4 is 15.0 Å². The number of nitrogens with zero attached hydrogens (tertiary/aromatic N) is 4. The van der Waals surface area contributed by atoms with Crippen molar-refractivity contribution >= 4 is 50.3 Å². The Morgan fingerprint density at radius 2 is 1.59 bits per heavy atom. The molecule has 7 aromatic rings. The van der Waals surface area contributed by atoms with Gasteiger partial charge in [0.25, 0.3) is 5.91 Å². The third-order valence-electron chi connectivity index (χ3n) is 9.81. The van der Waals surface area contributed by atoms with Gasteiger partial charge in [-0.2, -0.15) is 0 Å². The number of amides is 1. The van der Waals surface area contributed by atoms with Crippen molar-refractivity contribution in [3.63, 3.8) is 0 Å². The van der Waals surface area contributed by atoms with Crippen LogP contribution in [-0.2, 0) is 17.7 Å². The van der Waals surface area contributed by atoms with Gasteiger partial charge in [-0.05, 0) is 117 Å². The van der Waals surface area contributed by atoms with Crippen molar-refractivity contribution in [1.82, 2.24) is 15.0 Å². The van der Waals surface area contributed by atoms with Gasteiger partial charge in [0, 0.05) is 36.0 Å². The lowest BCUT2D eigenvalue weighted by atomic mass is 9.94. The maximum atomic E-state index is 13.9. The SMILES string of the molecule is Cc1c(Oc2ccc(-c3cccnc3C(=O)O)cc2)cccc1-c1ccc(N2CCc3cccc(C(=O)Nc4nc5ccccc5s4)c3C2)nc1C(=O)OC(C)(C)C. The second-order valence-electron chi connectivity index (χ2n) is 14.9. The van der Waals surface area contributed by atoms with E-state index in [0.29, 0.717) is 64.2 Å². The number of para-hydroxylation sites is 1. The summed E-state index contributed by atoms with van der Waals surface area (Å²) in [6, 6.07) is 33.5. The highest BCUT2D eigenvalue weighted by Gasteiger charge is 2.28. The quantitative estimate of drug-likeness (QED) is 0.136. The molecule has 0 aliphatic carbocycles. The predicted octanol–water partition coefficient (Wildman–Crippen LogP) is 9.99. The average molecular weight is 790 g/mol. The summed E-state index contributed by atoms with van der Waals surface area (Å²) in [6.07, 6.45) is 2.14. The number of hydrogen-bond acceptors (Lipinski definition) is 10. The number of esters is 1. The molecule has 8 rings (SSSR count). The Balaban J connectivity index is 1.08. The number of carbonyl (C=O) groups is 3. The van der Waals surface area contributed by atoms with Crippen molar-refractivity contribution in [2.45, 2.75) is 46.3 Å². The first-order chi connectivity index (χ1) is 27.9. The zero-order chi connectivity index (χ0) is 40.6. The molecule has 12 heteroatoms. The van der Waals surface area contributed by atoms with Crippen molar-refractivity contribution in [2.24, 2.45) is 0 Å². The van der Waals surface area contributed by atoms with Crippen LogP contribution in [0.4, 0.5) is 10.9 Å². The molecule has 58 heavy (non-hydrogen) atoms. The van der Waals surface area contributed by atoms with E-state index < -0.39 is 17.5 Å². The molecule has 0 radical (unpaired) electrons. The van der Waals surface area contributed by atoms with E-state index in [0.717, 1.165) is 32.5 Å². The van der Waals surface area contributed by atoms with Gasteiger partial charge < -0.3 is 19.5 Å². The Hall–Kier alpha value is -6.92. The van der Waals surface area contributed by atoms with Crippen LogP contribution >= 0.6 is 11.3 Å². The lowest BCUT2D eigenvalue weighted by Crippen LogP contribution is -2.33. The molecule has 11 nitrogen and oxygen atoms in total. The molecular formula is C46H39N5O6S. The minimum atomic E-state index is -1.10. The number of benzene rings is 4. The largest absolute Gasteiger partial charge is 0.476 e. The fraction of sp³-hybridized carbons (Fsp3) is 0.174. The number of anilines is 2. The Labute approximate surface area is 339 Å². The molecule has 290 valence electrons. The first-order valence-electron chi connectivity index (χ1n) is 18.8. The number of pyridine rings is 2. The van der Waals surface area contributed by atoms with Crippen LogP contribution in [0, 0.1) is 6.92 Å². The van der Waals surface area contributed by atoms with E-state index in [1.807, 2.05) is 100 Å². The van der Waals surface area contributed by atoms with Crippen molar-refractivity contribution in [2.75, 3.05) is 16.8 Å². The number of aromatic carboxylic acids is 1. The van der Waals surface area contributed by atoms with Gasteiger partial charge >= 0.3 is 11.9 Å². The normalized spacial score (nSPS) is 12.5. The van der Waals surface area contributed by atoms with E-state index in [-0.39, 0.29) is 17.3 Å². The summed E-state index contributed by atoms with van der Waals surface area (Å²) < 4.78 is 13.2. The Morgan fingerprint density at radius 1 is 0.810 bits per heavy atom. The summed E-state index contributed by atoms with van der Waals surface area (Å²) in [5.41, 5.74) is 6.05. The third-order valence-corrected chi connectivity index (χ3v) is 10.8. The molecule has 2 N–H and O–H groups in total. The van der Waals surface area contributed by atoms with Crippen molar-refractivity contribution in [3.05, 3.63) is 149 Å². The minimum absolute atomic E-state index is 0.0288. The van der Waals surface area contributed by atoms with Crippen molar-refractivity contribution in [3.8, 4) is 33.8 Å². The molecule has 0 saturated carbocycles. The summed E-state index contributed by atoms with van der Waals surface area (Å²) in [5.74, 6) is -0.194. The van der Waals surface area contributed by atoms with Crippen LogP contribution in [-0.4, -0.2) is 50.1 Å². The van der Waals surface area contributed by atoms with Crippen LogP contribution in [0.5, 0.6) is 11.5 Å². The molecule has 0 bridgehead atoms. The summed E-state index contributed by atoms with van der Waals surface area (Å²) in [5, 5.41) is 13.1. The monoisotopic (exact) mass is 789 g/mol. The number of ether oxygens (including phenoxy) is 2. The van der Waals surface area contributed by atoms with Gasteiger partial charge in [0.2, 0.25) is 0 Å².